The molecular formula is C17H19BrN6O. The van der Waals surface area contributed by atoms with Crippen LogP contribution < -0.4 is 5.32 Å². The Hall–Kier alpha value is -2.48. The van der Waals surface area contributed by atoms with Gasteiger partial charge >= 0.3 is 0 Å². The number of H-pyrrole nitrogens is 2. The third-order valence-corrected chi connectivity index (χ3v) is 4.61. The van der Waals surface area contributed by atoms with E-state index in [4.69, 9.17) is 0 Å². The van der Waals surface area contributed by atoms with Crippen molar-refractivity contribution in [3.63, 3.8) is 0 Å². The molecule has 1 atom stereocenters. The van der Waals surface area contributed by atoms with Crippen LogP contribution in [0.2, 0.25) is 0 Å². The molecule has 0 fully saturated rings. The van der Waals surface area contributed by atoms with Gasteiger partial charge in [-0.3, -0.25) is 15.0 Å². The number of aromatic nitrogens is 5. The number of amides is 1. The number of hydrogen-bond acceptors (Lipinski definition) is 4. The zero-order chi connectivity index (χ0) is 18.0. The lowest BCUT2D eigenvalue weighted by Gasteiger charge is -2.15. The first kappa shape index (κ1) is 17.3. The molecule has 7 nitrogen and oxygen atoms in total. The number of rotatable bonds is 5. The number of halogens is 1. The smallest absolute Gasteiger partial charge is 0.273 e. The summed E-state index contributed by atoms with van der Waals surface area (Å²) in [7, 11) is 0. The summed E-state index contributed by atoms with van der Waals surface area (Å²) in [4.78, 5) is 17.1. The zero-order valence-electron chi connectivity index (χ0n) is 14.2. The summed E-state index contributed by atoms with van der Waals surface area (Å²) in [5, 5.41) is 17.1. The van der Waals surface area contributed by atoms with Crippen molar-refractivity contribution in [2.45, 2.75) is 32.7 Å². The van der Waals surface area contributed by atoms with Crippen molar-refractivity contribution in [1.82, 2.24) is 30.7 Å². The summed E-state index contributed by atoms with van der Waals surface area (Å²) < 4.78 is 0.679. The minimum absolute atomic E-state index is 0.226. The van der Waals surface area contributed by atoms with E-state index < -0.39 is 6.04 Å². The number of nitrogens with zero attached hydrogens (tertiary/aromatic N) is 3. The molecule has 0 spiro atoms. The minimum atomic E-state index is -0.468. The maximum atomic E-state index is 12.8. The largest absolute Gasteiger partial charge is 0.336 e. The predicted molar refractivity (Wildman–Crippen MR) is 97.2 cm³/mol. The van der Waals surface area contributed by atoms with E-state index in [1.54, 1.807) is 0 Å². The lowest BCUT2D eigenvalue weighted by atomic mass is 10.1. The minimum Gasteiger partial charge on any atom is -0.336 e. The molecule has 1 unspecified atom stereocenters. The van der Waals surface area contributed by atoms with Crippen LogP contribution in [-0.2, 0) is 0 Å². The fourth-order valence-corrected chi connectivity index (χ4v) is 3.32. The summed E-state index contributed by atoms with van der Waals surface area (Å²) in [6, 6.07) is 9.13. The fraction of sp³-hybridized carbons (Fsp3) is 0.294. The van der Waals surface area contributed by atoms with Crippen molar-refractivity contribution < 1.29 is 4.79 Å². The summed E-state index contributed by atoms with van der Waals surface area (Å²) >= 11 is 3.47. The lowest BCUT2D eigenvalue weighted by Crippen LogP contribution is -2.30. The van der Waals surface area contributed by atoms with E-state index in [0.29, 0.717) is 21.8 Å². The van der Waals surface area contributed by atoms with Gasteiger partial charge in [0, 0.05) is 0 Å². The molecule has 1 amide bonds. The van der Waals surface area contributed by atoms with Gasteiger partial charge in [0.2, 0.25) is 0 Å². The zero-order valence-corrected chi connectivity index (χ0v) is 15.8. The number of carbonyl (C=O) groups is 1. The van der Waals surface area contributed by atoms with Gasteiger partial charge in [-0.05, 0) is 34.3 Å². The molecular weight excluding hydrogens is 384 g/mol. The van der Waals surface area contributed by atoms with Crippen molar-refractivity contribution in [3.8, 4) is 0 Å². The van der Waals surface area contributed by atoms with Gasteiger partial charge in [0.05, 0.1) is 10.2 Å². The molecule has 130 valence electrons. The molecule has 2 heterocycles. The normalized spacial score (nSPS) is 12.4. The van der Waals surface area contributed by atoms with Gasteiger partial charge < -0.3 is 5.32 Å². The van der Waals surface area contributed by atoms with Crippen LogP contribution >= 0.6 is 15.9 Å². The summed E-state index contributed by atoms with van der Waals surface area (Å²) in [6.45, 7) is 5.88. The highest BCUT2D eigenvalue weighted by molar-refractivity contribution is 9.10. The number of carbonyl (C=O) groups excluding carboxylic acids is 1. The van der Waals surface area contributed by atoms with Crippen molar-refractivity contribution in [1.29, 1.82) is 0 Å². The van der Waals surface area contributed by atoms with Gasteiger partial charge in [0.1, 0.15) is 11.9 Å². The van der Waals surface area contributed by atoms with Gasteiger partial charge in [-0.15, -0.1) is 0 Å². The van der Waals surface area contributed by atoms with Crippen LogP contribution in [0.5, 0.6) is 0 Å². The summed E-state index contributed by atoms with van der Waals surface area (Å²) in [6.07, 6.45) is 0. The molecule has 8 heteroatoms. The Labute approximate surface area is 153 Å². The van der Waals surface area contributed by atoms with Crippen LogP contribution in [0.3, 0.4) is 0 Å². The monoisotopic (exact) mass is 402 g/mol. The van der Waals surface area contributed by atoms with E-state index in [1.807, 2.05) is 51.1 Å². The highest BCUT2D eigenvalue weighted by Gasteiger charge is 2.25. The van der Waals surface area contributed by atoms with E-state index in [-0.39, 0.29) is 11.8 Å². The Morgan fingerprint density at radius 2 is 1.88 bits per heavy atom. The van der Waals surface area contributed by atoms with Crippen molar-refractivity contribution in [3.05, 3.63) is 63.4 Å². The summed E-state index contributed by atoms with van der Waals surface area (Å²) in [5.41, 5.74) is 2.10. The molecule has 0 bridgehead atoms. The Morgan fingerprint density at radius 3 is 2.44 bits per heavy atom. The second-order valence-corrected chi connectivity index (χ2v) is 6.84. The van der Waals surface area contributed by atoms with Crippen LogP contribution in [0.1, 0.15) is 59.2 Å². The van der Waals surface area contributed by atoms with Crippen LogP contribution in [0.4, 0.5) is 0 Å². The van der Waals surface area contributed by atoms with Crippen LogP contribution in [0.25, 0.3) is 0 Å². The van der Waals surface area contributed by atoms with E-state index in [9.17, 15) is 4.79 Å². The highest BCUT2D eigenvalue weighted by Crippen LogP contribution is 2.26. The molecule has 0 aliphatic rings. The molecule has 25 heavy (non-hydrogen) atoms. The van der Waals surface area contributed by atoms with Gasteiger partial charge in [-0.1, -0.05) is 44.2 Å². The predicted octanol–water partition coefficient (Wildman–Crippen LogP) is 3.24. The number of aryl methyl sites for hydroxylation is 1. The quantitative estimate of drug-likeness (QED) is 0.609. The highest BCUT2D eigenvalue weighted by atomic mass is 79.9. The number of hydrogen-bond donors (Lipinski definition) is 3. The fourth-order valence-electron chi connectivity index (χ4n) is 2.51. The van der Waals surface area contributed by atoms with E-state index >= 15 is 0 Å². The Balaban J connectivity index is 1.92. The molecule has 0 saturated heterocycles. The molecule has 0 radical (unpaired) electrons. The molecule has 3 rings (SSSR count). The number of nitrogens with one attached hydrogen (secondary N) is 3. The number of aromatic amines is 2. The first-order valence-corrected chi connectivity index (χ1v) is 8.75. The second-order valence-electron chi connectivity index (χ2n) is 6.05. The molecule has 0 aliphatic heterocycles. The average Bonchev–Trinajstić information content (AvgIpc) is 3.19. The van der Waals surface area contributed by atoms with E-state index in [2.05, 4.69) is 46.6 Å². The van der Waals surface area contributed by atoms with Gasteiger partial charge in [-0.2, -0.15) is 10.2 Å². The second kappa shape index (κ2) is 7.18. The Kier molecular flexibility index (Phi) is 4.98. The van der Waals surface area contributed by atoms with Crippen LogP contribution in [0.15, 0.2) is 34.8 Å². The van der Waals surface area contributed by atoms with E-state index in [0.717, 1.165) is 11.3 Å². The molecule has 2 aromatic heterocycles. The van der Waals surface area contributed by atoms with Crippen LogP contribution in [0, 0.1) is 6.92 Å². The van der Waals surface area contributed by atoms with E-state index in [1.165, 1.54) is 0 Å². The standard InChI is InChI=1S/C17H19BrN6O/c1-9(2)13-12(18)15(23-22-13)17(25)20-14(11-7-5-4-6-8-11)16-19-10(3)21-24-16/h4-9,14H,1-3H3,(H,20,25)(H,22,23)(H,19,21,24). The van der Waals surface area contributed by atoms with Crippen molar-refractivity contribution >= 4 is 21.8 Å². The molecule has 0 aliphatic carbocycles. The maximum absolute atomic E-state index is 12.8. The Bertz CT molecular complexity index is 870. The first-order valence-electron chi connectivity index (χ1n) is 7.95. The maximum Gasteiger partial charge on any atom is 0.273 e. The topological polar surface area (TPSA) is 99.3 Å². The Morgan fingerprint density at radius 1 is 1.16 bits per heavy atom. The van der Waals surface area contributed by atoms with Crippen molar-refractivity contribution in [2.75, 3.05) is 0 Å². The third-order valence-electron chi connectivity index (χ3n) is 3.81. The van der Waals surface area contributed by atoms with Crippen molar-refractivity contribution in [2.24, 2.45) is 0 Å². The summed E-state index contributed by atoms with van der Waals surface area (Å²) in [5.74, 6) is 1.12. The molecule has 3 N–H and O–H groups in total. The SMILES string of the molecule is Cc1nc(C(NC(=O)c2n[nH]c(C(C)C)c2Br)c2ccccc2)n[nH]1. The van der Waals surface area contributed by atoms with Gasteiger partial charge in [-0.25, -0.2) is 4.98 Å². The molecule has 1 aromatic carbocycles. The van der Waals surface area contributed by atoms with Gasteiger partial charge in [0.15, 0.2) is 11.5 Å². The lowest BCUT2D eigenvalue weighted by molar-refractivity contribution is 0.0935. The third kappa shape index (κ3) is 3.63. The molecule has 3 aromatic rings. The first-order chi connectivity index (χ1) is 12.0. The van der Waals surface area contributed by atoms with Crippen LogP contribution in [-0.4, -0.2) is 31.3 Å². The van der Waals surface area contributed by atoms with Gasteiger partial charge in [0.25, 0.3) is 5.91 Å². The molecule has 0 saturated carbocycles. The number of benzene rings is 1. The average molecular weight is 403 g/mol.